The number of nitrogens with one attached hydrogen (secondary N) is 3. The van der Waals surface area contributed by atoms with Gasteiger partial charge in [-0.25, -0.2) is 0 Å². The number of anilines is 3. The number of rotatable bonds is 8. The second-order valence-electron chi connectivity index (χ2n) is 6.48. The molecule has 0 amide bonds. The summed E-state index contributed by atoms with van der Waals surface area (Å²) >= 11 is 0. The SMILES string of the molecule is CCCCNc1[nH]cc(-c2cc(N[C@@H](C)c3ccccc3)ccn2)c1N. The van der Waals surface area contributed by atoms with Gasteiger partial charge in [0.05, 0.1) is 11.4 Å². The van der Waals surface area contributed by atoms with Crippen LogP contribution in [0, 0.1) is 0 Å². The van der Waals surface area contributed by atoms with E-state index in [4.69, 9.17) is 5.73 Å². The van der Waals surface area contributed by atoms with Crippen LogP contribution in [-0.4, -0.2) is 16.5 Å². The summed E-state index contributed by atoms with van der Waals surface area (Å²) in [6.45, 7) is 5.23. The first kappa shape index (κ1) is 17.9. The molecule has 0 saturated carbocycles. The van der Waals surface area contributed by atoms with Gasteiger partial charge in [-0.05, 0) is 31.0 Å². The smallest absolute Gasteiger partial charge is 0.127 e. The summed E-state index contributed by atoms with van der Waals surface area (Å²) in [6.07, 6.45) is 5.99. The summed E-state index contributed by atoms with van der Waals surface area (Å²) in [4.78, 5) is 7.71. The number of pyridine rings is 1. The van der Waals surface area contributed by atoms with Crippen LogP contribution in [0.4, 0.5) is 17.2 Å². The van der Waals surface area contributed by atoms with Gasteiger partial charge in [-0.3, -0.25) is 4.98 Å². The third-order valence-electron chi connectivity index (χ3n) is 4.47. The molecule has 2 aromatic heterocycles. The number of hydrogen-bond donors (Lipinski definition) is 4. The molecule has 1 aromatic carbocycles. The first-order chi connectivity index (χ1) is 12.7. The molecule has 1 atom stereocenters. The molecule has 136 valence electrons. The minimum atomic E-state index is 0.210. The van der Waals surface area contributed by atoms with E-state index in [1.165, 1.54) is 5.56 Å². The number of aromatic nitrogens is 2. The van der Waals surface area contributed by atoms with Crippen molar-refractivity contribution < 1.29 is 0 Å². The maximum absolute atomic E-state index is 6.31. The number of unbranched alkanes of at least 4 members (excludes halogenated alkanes) is 1. The standard InChI is InChI=1S/C21H27N5/c1-3-4-11-24-21-20(22)18(14-25-21)19-13-17(10-12-23-19)26-15(2)16-8-6-5-7-9-16/h5-10,12-15,24-25H,3-4,11,22H2,1-2H3,(H,23,26)/t15-/m0/s1. The van der Waals surface area contributed by atoms with Crippen LogP contribution in [0.2, 0.25) is 0 Å². The van der Waals surface area contributed by atoms with Crippen molar-refractivity contribution >= 4 is 17.2 Å². The second kappa shape index (κ2) is 8.43. The zero-order valence-corrected chi connectivity index (χ0v) is 15.4. The van der Waals surface area contributed by atoms with Crippen molar-refractivity contribution in [3.63, 3.8) is 0 Å². The van der Waals surface area contributed by atoms with Crippen molar-refractivity contribution in [3.8, 4) is 11.3 Å². The summed E-state index contributed by atoms with van der Waals surface area (Å²) in [5, 5.41) is 6.88. The number of aromatic amines is 1. The Hall–Kier alpha value is -2.95. The van der Waals surface area contributed by atoms with Crippen molar-refractivity contribution in [3.05, 3.63) is 60.4 Å². The molecule has 0 aliphatic carbocycles. The van der Waals surface area contributed by atoms with E-state index in [9.17, 15) is 0 Å². The second-order valence-corrected chi connectivity index (χ2v) is 6.48. The van der Waals surface area contributed by atoms with Crippen LogP contribution in [-0.2, 0) is 0 Å². The molecule has 5 N–H and O–H groups in total. The molecule has 0 unspecified atom stereocenters. The molecule has 0 saturated heterocycles. The zero-order chi connectivity index (χ0) is 18.4. The van der Waals surface area contributed by atoms with Gasteiger partial charge in [-0.1, -0.05) is 43.7 Å². The van der Waals surface area contributed by atoms with Gasteiger partial charge in [0.25, 0.3) is 0 Å². The summed E-state index contributed by atoms with van der Waals surface area (Å²) in [5.41, 5.74) is 11.1. The Balaban J connectivity index is 1.75. The number of nitrogens with zero attached hydrogens (tertiary/aromatic N) is 1. The normalized spacial score (nSPS) is 11.9. The van der Waals surface area contributed by atoms with Gasteiger partial charge in [0, 0.05) is 36.2 Å². The highest BCUT2D eigenvalue weighted by Gasteiger charge is 2.12. The summed E-state index contributed by atoms with van der Waals surface area (Å²) in [5.74, 6) is 0.867. The Labute approximate surface area is 155 Å². The fourth-order valence-corrected chi connectivity index (χ4v) is 2.93. The van der Waals surface area contributed by atoms with Crippen LogP contribution in [0.3, 0.4) is 0 Å². The van der Waals surface area contributed by atoms with Crippen molar-refractivity contribution in [2.45, 2.75) is 32.7 Å². The van der Waals surface area contributed by atoms with E-state index in [-0.39, 0.29) is 6.04 Å². The highest BCUT2D eigenvalue weighted by Crippen LogP contribution is 2.32. The summed E-state index contributed by atoms with van der Waals surface area (Å²) in [7, 11) is 0. The van der Waals surface area contributed by atoms with Gasteiger partial charge in [-0.2, -0.15) is 0 Å². The van der Waals surface area contributed by atoms with Gasteiger partial charge in [0.15, 0.2) is 0 Å². The summed E-state index contributed by atoms with van der Waals surface area (Å²) < 4.78 is 0. The Morgan fingerprint density at radius 3 is 2.77 bits per heavy atom. The van der Waals surface area contributed by atoms with Crippen molar-refractivity contribution in [1.82, 2.24) is 9.97 Å². The number of benzene rings is 1. The van der Waals surface area contributed by atoms with Crippen LogP contribution in [0.5, 0.6) is 0 Å². The van der Waals surface area contributed by atoms with Crippen molar-refractivity contribution in [2.75, 3.05) is 22.9 Å². The minimum absolute atomic E-state index is 0.210. The Bertz CT molecular complexity index is 825. The fraction of sp³-hybridized carbons (Fsp3) is 0.286. The molecule has 0 spiro atoms. The lowest BCUT2D eigenvalue weighted by Crippen LogP contribution is -2.06. The molecule has 0 radical (unpaired) electrons. The maximum Gasteiger partial charge on any atom is 0.127 e. The molecule has 0 aliphatic heterocycles. The molecular formula is C21H27N5. The first-order valence-corrected chi connectivity index (χ1v) is 9.17. The van der Waals surface area contributed by atoms with E-state index in [0.29, 0.717) is 5.69 Å². The van der Waals surface area contributed by atoms with Crippen LogP contribution >= 0.6 is 0 Å². The predicted octanol–water partition coefficient (Wildman–Crippen LogP) is 5.04. The molecule has 0 aliphatic rings. The van der Waals surface area contributed by atoms with Crippen molar-refractivity contribution in [2.24, 2.45) is 0 Å². The number of nitrogens with two attached hydrogens (primary N) is 1. The number of H-pyrrole nitrogens is 1. The third kappa shape index (κ3) is 4.17. The van der Waals surface area contributed by atoms with E-state index >= 15 is 0 Å². The quantitative estimate of drug-likeness (QED) is 0.429. The van der Waals surface area contributed by atoms with E-state index in [1.807, 2.05) is 30.6 Å². The van der Waals surface area contributed by atoms with Crippen LogP contribution in [0.15, 0.2) is 54.9 Å². The molecule has 3 rings (SSSR count). The molecule has 2 heterocycles. The van der Waals surface area contributed by atoms with Gasteiger partial charge in [-0.15, -0.1) is 0 Å². The van der Waals surface area contributed by atoms with Gasteiger partial charge < -0.3 is 21.4 Å². The zero-order valence-electron chi connectivity index (χ0n) is 15.4. The molecule has 0 bridgehead atoms. The lowest BCUT2D eigenvalue weighted by atomic mass is 10.1. The first-order valence-electron chi connectivity index (χ1n) is 9.17. The van der Waals surface area contributed by atoms with E-state index in [0.717, 1.165) is 42.1 Å². The van der Waals surface area contributed by atoms with E-state index in [2.05, 4.69) is 58.7 Å². The molecule has 26 heavy (non-hydrogen) atoms. The lowest BCUT2D eigenvalue weighted by Gasteiger charge is -2.16. The van der Waals surface area contributed by atoms with Crippen LogP contribution in [0.1, 0.15) is 38.3 Å². The van der Waals surface area contributed by atoms with Crippen LogP contribution in [0.25, 0.3) is 11.3 Å². The summed E-state index contributed by atoms with van der Waals surface area (Å²) in [6, 6.07) is 14.6. The molecular weight excluding hydrogens is 322 g/mol. The highest BCUT2D eigenvalue weighted by molar-refractivity contribution is 5.83. The lowest BCUT2D eigenvalue weighted by molar-refractivity contribution is 0.832. The molecule has 0 fully saturated rings. The average molecular weight is 349 g/mol. The van der Waals surface area contributed by atoms with Crippen molar-refractivity contribution in [1.29, 1.82) is 0 Å². The number of nitrogen functional groups attached to an aromatic ring is 1. The van der Waals surface area contributed by atoms with Gasteiger partial charge in [0.1, 0.15) is 5.82 Å². The van der Waals surface area contributed by atoms with E-state index < -0.39 is 0 Å². The largest absolute Gasteiger partial charge is 0.395 e. The monoisotopic (exact) mass is 349 g/mol. The Kier molecular flexibility index (Phi) is 5.79. The third-order valence-corrected chi connectivity index (χ3v) is 4.47. The predicted molar refractivity (Wildman–Crippen MR) is 110 cm³/mol. The molecule has 5 heteroatoms. The van der Waals surface area contributed by atoms with Gasteiger partial charge >= 0.3 is 0 Å². The van der Waals surface area contributed by atoms with Gasteiger partial charge in [0.2, 0.25) is 0 Å². The maximum atomic E-state index is 6.31. The number of hydrogen-bond acceptors (Lipinski definition) is 4. The Morgan fingerprint density at radius 1 is 1.19 bits per heavy atom. The Morgan fingerprint density at radius 2 is 2.00 bits per heavy atom. The fourth-order valence-electron chi connectivity index (χ4n) is 2.93. The topological polar surface area (TPSA) is 78.8 Å². The van der Waals surface area contributed by atoms with Crippen LogP contribution < -0.4 is 16.4 Å². The average Bonchev–Trinajstić information content (AvgIpc) is 3.03. The molecule has 5 nitrogen and oxygen atoms in total. The highest BCUT2D eigenvalue weighted by atomic mass is 15.0. The van der Waals surface area contributed by atoms with E-state index in [1.54, 1.807) is 0 Å². The minimum Gasteiger partial charge on any atom is -0.395 e. The molecule has 3 aromatic rings.